The number of rotatable bonds is 8. The van der Waals surface area contributed by atoms with Crippen LogP contribution in [0.2, 0.25) is 0 Å². The monoisotopic (exact) mass is 480 g/mol. The Morgan fingerprint density at radius 3 is 2.65 bits per heavy atom. The molecule has 0 fully saturated rings. The fourth-order valence-electron chi connectivity index (χ4n) is 3.87. The van der Waals surface area contributed by atoms with Gasteiger partial charge in [-0.05, 0) is 53.4 Å². The molecule has 0 aliphatic rings. The van der Waals surface area contributed by atoms with Gasteiger partial charge in [0.2, 0.25) is 0 Å². The highest BCUT2D eigenvalue weighted by atomic mass is 79.9. The fourth-order valence-corrected chi connectivity index (χ4v) is 4.22. The van der Waals surface area contributed by atoms with Crippen LogP contribution < -0.4 is 0 Å². The van der Waals surface area contributed by atoms with Crippen molar-refractivity contribution in [2.45, 2.75) is 32.8 Å². The molecule has 160 valence electrons. The Morgan fingerprint density at radius 1 is 1.00 bits per heavy atom. The SMILES string of the molecule is CCCCCOCc1ccccc1-c1ccc(-c2nn(C)c3cc(Br)ccc23)c(F)c1. The van der Waals surface area contributed by atoms with Gasteiger partial charge in [-0.1, -0.05) is 66.0 Å². The molecule has 3 aromatic carbocycles. The second kappa shape index (κ2) is 9.75. The van der Waals surface area contributed by atoms with Gasteiger partial charge in [-0.2, -0.15) is 5.10 Å². The zero-order valence-corrected chi connectivity index (χ0v) is 19.5. The Labute approximate surface area is 191 Å². The molecule has 0 bridgehead atoms. The largest absolute Gasteiger partial charge is 0.377 e. The number of aryl methyl sites for hydroxylation is 1. The molecular formula is C26H26BrFN2O. The van der Waals surface area contributed by atoms with Crippen LogP contribution in [-0.2, 0) is 18.4 Å². The average Bonchev–Trinajstić information content (AvgIpc) is 3.09. The van der Waals surface area contributed by atoms with Crippen molar-refractivity contribution >= 4 is 26.8 Å². The highest BCUT2D eigenvalue weighted by Gasteiger charge is 2.16. The number of aromatic nitrogens is 2. The predicted octanol–water partition coefficient (Wildman–Crippen LogP) is 7.52. The van der Waals surface area contributed by atoms with E-state index in [4.69, 9.17) is 4.74 Å². The second-order valence-corrected chi connectivity index (χ2v) is 8.66. The molecule has 0 aliphatic heterocycles. The van der Waals surface area contributed by atoms with Gasteiger partial charge in [0.25, 0.3) is 0 Å². The van der Waals surface area contributed by atoms with Gasteiger partial charge in [0.15, 0.2) is 0 Å². The van der Waals surface area contributed by atoms with Crippen LogP contribution in [0.25, 0.3) is 33.3 Å². The molecule has 0 saturated heterocycles. The van der Waals surface area contributed by atoms with Crippen LogP contribution in [0.4, 0.5) is 4.39 Å². The minimum absolute atomic E-state index is 0.279. The van der Waals surface area contributed by atoms with E-state index in [1.54, 1.807) is 10.7 Å². The molecule has 0 saturated carbocycles. The summed E-state index contributed by atoms with van der Waals surface area (Å²) >= 11 is 3.49. The summed E-state index contributed by atoms with van der Waals surface area (Å²) in [5, 5.41) is 5.51. The first kappa shape index (κ1) is 21.7. The number of hydrogen-bond acceptors (Lipinski definition) is 2. The van der Waals surface area contributed by atoms with Crippen LogP contribution in [0.3, 0.4) is 0 Å². The van der Waals surface area contributed by atoms with Crippen molar-refractivity contribution < 1.29 is 9.13 Å². The maximum atomic E-state index is 15.3. The fraction of sp³-hybridized carbons (Fsp3) is 0.269. The van der Waals surface area contributed by atoms with Gasteiger partial charge in [-0.3, -0.25) is 4.68 Å². The number of unbranched alkanes of at least 4 members (excludes halogenated alkanes) is 2. The predicted molar refractivity (Wildman–Crippen MR) is 128 cm³/mol. The van der Waals surface area contributed by atoms with Crippen molar-refractivity contribution in [2.75, 3.05) is 6.61 Å². The summed E-state index contributed by atoms with van der Waals surface area (Å²) in [7, 11) is 1.88. The Hall–Kier alpha value is -2.50. The lowest BCUT2D eigenvalue weighted by molar-refractivity contribution is 0.117. The molecule has 3 nitrogen and oxygen atoms in total. The van der Waals surface area contributed by atoms with Gasteiger partial charge in [-0.25, -0.2) is 4.39 Å². The van der Waals surface area contributed by atoms with E-state index in [0.717, 1.165) is 45.1 Å². The number of benzene rings is 3. The molecule has 31 heavy (non-hydrogen) atoms. The molecule has 1 aromatic heterocycles. The van der Waals surface area contributed by atoms with E-state index in [-0.39, 0.29) is 5.82 Å². The van der Waals surface area contributed by atoms with E-state index >= 15 is 4.39 Å². The number of ether oxygens (including phenoxy) is 1. The molecule has 4 rings (SSSR count). The van der Waals surface area contributed by atoms with Crippen LogP contribution in [0.5, 0.6) is 0 Å². The van der Waals surface area contributed by atoms with Gasteiger partial charge in [0, 0.05) is 29.1 Å². The van der Waals surface area contributed by atoms with Gasteiger partial charge in [-0.15, -0.1) is 0 Å². The van der Waals surface area contributed by atoms with Crippen molar-refractivity contribution in [2.24, 2.45) is 7.05 Å². The van der Waals surface area contributed by atoms with Crippen molar-refractivity contribution in [1.82, 2.24) is 9.78 Å². The highest BCUT2D eigenvalue weighted by molar-refractivity contribution is 9.10. The second-order valence-electron chi connectivity index (χ2n) is 7.75. The highest BCUT2D eigenvalue weighted by Crippen LogP contribution is 2.34. The first-order valence-electron chi connectivity index (χ1n) is 10.7. The molecule has 0 N–H and O–H groups in total. The van der Waals surface area contributed by atoms with Crippen LogP contribution >= 0.6 is 15.9 Å². The van der Waals surface area contributed by atoms with Crippen molar-refractivity contribution in [1.29, 1.82) is 0 Å². The quantitative estimate of drug-likeness (QED) is 0.244. The third-order valence-corrected chi connectivity index (χ3v) is 6.01. The van der Waals surface area contributed by atoms with Crippen LogP contribution in [-0.4, -0.2) is 16.4 Å². The Balaban J connectivity index is 1.64. The molecule has 0 atom stereocenters. The molecule has 0 unspecified atom stereocenters. The van der Waals surface area contributed by atoms with Crippen LogP contribution in [0.1, 0.15) is 31.7 Å². The van der Waals surface area contributed by atoms with Gasteiger partial charge in [0.05, 0.1) is 12.1 Å². The number of fused-ring (bicyclic) bond motifs is 1. The summed E-state index contributed by atoms with van der Waals surface area (Å²) in [5.74, 6) is -0.279. The summed E-state index contributed by atoms with van der Waals surface area (Å²) in [6.07, 6.45) is 3.42. The minimum atomic E-state index is -0.279. The van der Waals surface area contributed by atoms with Gasteiger partial charge in [0.1, 0.15) is 11.5 Å². The number of hydrogen-bond donors (Lipinski definition) is 0. The van der Waals surface area contributed by atoms with Crippen molar-refractivity contribution in [3.63, 3.8) is 0 Å². The topological polar surface area (TPSA) is 27.1 Å². The summed E-state index contributed by atoms with van der Waals surface area (Å²) in [6.45, 7) is 3.46. The van der Waals surface area contributed by atoms with Gasteiger partial charge < -0.3 is 4.74 Å². The van der Waals surface area contributed by atoms with Crippen LogP contribution in [0.15, 0.2) is 65.1 Å². The Kier molecular flexibility index (Phi) is 6.83. The lowest BCUT2D eigenvalue weighted by atomic mass is 9.97. The first-order valence-corrected chi connectivity index (χ1v) is 11.5. The summed E-state index contributed by atoms with van der Waals surface area (Å²) in [6, 6.07) is 19.4. The van der Waals surface area contributed by atoms with E-state index < -0.39 is 0 Å². The normalized spacial score (nSPS) is 11.4. The zero-order valence-electron chi connectivity index (χ0n) is 17.9. The van der Waals surface area contributed by atoms with E-state index in [0.29, 0.717) is 17.9 Å². The first-order chi connectivity index (χ1) is 15.1. The lowest BCUT2D eigenvalue weighted by Gasteiger charge is -2.12. The third-order valence-electron chi connectivity index (χ3n) is 5.52. The lowest BCUT2D eigenvalue weighted by Crippen LogP contribution is -1.98. The molecule has 0 radical (unpaired) electrons. The van der Waals surface area contributed by atoms with Crippen molar-refractivity contribution in [3.8, 4) is 22.4 Å². The van der Waals surface area contributed by atoms with E-state index in [9.17, 15) is 0 Å². The molecule has 1 heterocycles. The molecule has 4 aromatic rings. The minimum Gasteiger partial charge on any atom is -0.377 e. The van der Waals surface area contributed by atoms with E-state index in [1.165, 1.54) is 12.8 Å². The standard InChI is InChI=1S/C26H26BrFN2O/c1-3-4-7-14-31-17-19-8-5-6-9-21(19)18-10-12-22(24(28)15-18)26-23-13-11-20(27)16-25(23)30(2)29-26/h5-6,8-13,15-16H,3-4,7,14,17H2,1-2H3. The average molecular weight is 481 g/mol. The molecule has 0 amide bonds. The maximum Gasteiger partial charge on any atom is 0.133 e. The number of halogens is 2. The Bertz CT molecular complexity index is 1200. The summed E-state index contributed by atoms with van der Waals surface area (Å²) in [4.78, 5) is 0. The summed E-state index contributed by atoms with van der Waals surface area (Å²) < 4.78 is 23.9. The van der Waals surface area contributed by atoms with E-state index in [1.807, 2.05) is 61.6 Å². The summed E-state index contributed by atoms with van der Waals surface area (Å²) in [5.41, 5.74) is 5.03. The Morgan fingerprint density at radius 2 is 1.84 bits per heavy atom. The maximum absolute atomic E-state index is 15.3. The van der Waals surface area contributed by atoms with Gasteiger partial charge >= 0.3 is 0 Å². The zero-order chi connectivity index (χ0) is 21.8. The molecule has 5 heteroatoms. The van der Waals surface area contributed by atoms with E-state index in [2.05, 4.69) is 28.0 Å². The smallest absolute Gasteiger partial charge is 0.133 e. The molecule has 0 aliphatic carbocycles. The third kappa shape index (κ3) is 4.73. The molecular weight excluding hydrogens is 455 g/mol. The van der Waals surface area contributed by atoms with Crippen LogP contribution in [0, 0.1) is 5.82 Å². The number of nitrogens with zero attached hydrogens (tertiary/aromatic N) is 2. The molecule has 0 spiro atoms. The van der Waals surface area contributed by atoms with Crippen molar-refractivity contribution in [3.05, 3.63) is 76.5 Å².